The summed E-state index contributed by atoms with van der Waals surface area (Å²) in [4.78, 5) is 99.6. The number of benzene rings is 6. The molecule has 0 aromatic heterocycles. The third-order valence-corrected chi connectivity index (χ3v) is 34.4. The van der Waals surface area contributed by atoms with Crippen LogP contribution in [0.3, 0.4) is 0 Å². The van der Waals surface area contributed by atoms with Gasteiger partial charge in [-0.2, -0.15) is 15.2 Å². The van der Waals surface area contributed by atoms with Crippen molar-refractivity contribution in [1.82, 2.24) is 45.8 Å². The summed E-state index contributed by atoms with van der Waals surface area (Å²) in [5.74, 6) is 2.85. The van der Waals surface area contributed by atoms with Crippen LogP contribution in [0.25, 0.3) is 22.3 Å². The minimum atomic E-state index is -0.836. The summed E-state index contributed by atoms with van der Waals surface area (Å²) < 4.78 is 17.8. The zero-order chi connectivity index (χ0) is 103. The highest BCUT2D eigenvalue weighted by atomic mass is 127. The fraction of sp³-hybridized carbons (Fsp3) is 0.622. The molecule has 6 aromatic rings. The molecule has 13 N–H and O–H groups in total. The number of anilines is 3. The number of rotatable bonds is 24. The molecule has 794 valence electrons. The molecule has 31 nitrogen and oxygen atoms in total. The van der Waals surface area contributed by atoms with Gasteiger partial charge in [0.05, 0.1) is 69.0 Å². The van der Waals surface area contributed by atoms with Crippen molar-refractivity contribution in [2.45, 2.75) is 287 Å². The maximum atomic E-state index is 13.9. The first-order chi connectivity index (χ1) is 66.9. The summed E-state index contributed by atoms with van der Waals surface area (Å²) >= 11 is 2.27. The molecule has 4 unspecified atom stereocenters. The first-order valence-electron chi connectivity index (χ1n) is 50.9. The van der Waals surface area contributed by atoms with Gasteiger partial charge in [-0.1, -0.05) is 162 Å². The Morgan fingerprint density at radius 3 is 0.979 bits per heavy atom. The quantitative estimate of drug-likeness (QED) is 0.0198. The van der Waals surface area contributed by atoms with Crippen LogP contribution in [0.4, 0.5) is 31.4 Å². The molecule has 9 amide bonds. The fourth-order valence-corrected chi connectivity index (χ4v) is 24.4. The lowest BCUT2D eigenvalue weighted by atomic mass is 9.45. The predicted octanol–water partition coefficient (Wildman–Crippen LogP) is 14.6. The number of hydrogen-bond donors (Lipinski definition) is 13. The van der Waals surface area contributed by atoms with E-state index in [2.05, 4.69) is 123 Å². The number of amides is 9. The van der Waals surface area contributed by atoms with Crippen LogP contribution in [0.1, 0.15) is 194 Å². The van der Waals surface area contributed by atoms with Crippen molar-refractivity contribution < 1.29 is 93.1 Å². The van der Waals surface area contributed by atoms with Gasteiger partial charge in [0.25, 0.3) is 0 Å². The Kier molecular flexibility index (Phi) is 39.1. The molecule has 0 radical (unpaired) electrons. The number of fused-ring (bicyclic) bond motifs is 6. The van der Waals surface area contributed by atoms with Gasteiger partial charge in [-0.05, 0) is 291 Å². The summed E-state index contributed by atoms with van der Waals surface area (Å²) in [6.45, 7) is 34.9. The molecule has 20 rings (SSSR count). The number of urea groups is 3. The largest absolute Gasteiger partial charge is 0.494 e. The van der Waals surface area contributed by atoms with Gasteiger partial charge >= 0.3 is 25.2 Å². The van der Waals surface area contributed by atoms with Gasteiger partial charge in [0.2, 0.25) is 17.7 Å². The Morgan fingerprint density at radius 2 is 0.729 bits per heavy atom. The molecule has 5 saturated heterocycles. The van der Waals surface area contributed by atoms with E-state index in [1.165, 1.54) is 34.0 Å². The molecule has 0 spiro atoms. The second-order valence-corrected chi connectivity index (χ2v) is 46.3. The van der Waals surface area contributed by atoms with Crippen LogP contribution >= 0.6 is 22.6 Å². The number of carbonyl (C=O) groups excluding carboxylic acids is 6. The van der Waals surface area contributed by atoms with Gasteiger partial charge < -0.3 is 96.4 Å². The molecule has 9 aliphatic carbocycles. The van der Waals surface area contributed by atoms with E-state index in [0.29, 0.717) is 101 Å². The number of hydrogen-bond acceptors (Lipinski definition) is 22. The molecule has 6 aromatic carbocycles. The summed E-state index contributed by atoms with van der Waals surface area (Å²) in [7, 11) is 9.80. The minimum Gasteiger partial charge on any atom is -0.399 e. The average molecular weight is 2110 g/mol. The van der Waals surface area contributed by atoms with Crippen LogP contribution in [0.2, 0.25) is 0 Å². The summed E-state index contributed by atoms with van der Waals surface area (Å²) in [5.41, 5.74) is 10.2. The van der Waals surface area contributed by atoms with E-state index in [1.54, 1.807) is 78.2 Å². The number of nitrogens with zero attached hydrogens (tertiary/aromatic N) is 6. The van der Waals surface area contributed by atoms with Gasteiger partial charge in [-0.3, -0.25) is 28.9 Å². The Balaban J connectivity index is 0.000000183. The average Bonchev–Trinajstić information content (AvgIpc) is 0.906. The highest BCUT2D eigenvalue weighted by Gasteiger charge is 2.62. The van der Waals surface area contributed by atoms with Crippen molar-refractivity contribution in [3.8, 4) is 22.3 Å². The lowest BCUT2D eigenvalue weighted by Crippen LogP contribution is -2.62. The maximum Gasteiger partial charge on any atom is 0.494 e. The van der Waals surface area contributed by atoms with Crippen LogP contribution in [-0.4, -0.2) is 268 Å². The van der Waals surface area contributed by atoms with E-state index in [4.69, 9.17) is 33.7 Å². The SMILES string of the molecule is C.C.CN(C)C(=O)Nc1ccc(B2OC(C)(C)C(C)(C)O2)cc1.C[C@H](O)[C@@H]1[C@H](CO)ON(Cc2cccc(-c3ccc(NC(=O)N(C)C)cc3)c2)[C@@H]1C(=O)NC1C[C@@H]2C[C@H]([C@@H]1C)C2(C)C.C[C@H](O)[C@@H]1[C@H](CO)ON(Cc2cccc(-c3ccc(NC(=O)N(C)C)cc3)c2)[C@@H]1C(=O)NC1C[C@@H]2C[C@H]([C@@H]1C)C2(C)C.C[C@H](O)[C@@H]1[C@H](CO)ON(Cc2cccc(I)c2)[C@@H]1C(=O)NC1C[C@@H]2C[C@H]([C@@H]1C)C2(C)C.OC1CCCO1. The molecule has 5 aliphatic heterocycles. The van der Waals surface area contributed by atoms with Crippen molar-refractivity contribution in [3.63, 3.8) is 0 Å². The highest BCUT2D eigenvalue weighted by Crippen LogP contribution is 2.64. The Morgan fingerprint density at radius 1 is 0.431 bits per heavy atom. The molecule has 33 heteroatoms. The van der Waals surface area contributed by atoms with E-state index in [9.17, 15) is 59.4 Å². The molecule has 5 heterocycles. The summed E-state index contributed by atoms with van der Waals surface area (Å²) in [5, 5.41) is 93.9. The van der Waals surface area contributed by atoms with E-state index in [-0.39, 0.29) is 107 Å². The van der Waals surface area contributed by atoms with Crippen molar-refractivity contribution in [3.05, 3.63) is 166 Å². The fourth-order valence-electron chi connectivity index (χ4n) is 23.8. The van der Waals surface area contributed by atoms with Crippen molar-refractivity contribution in [2.24, 2.45) is 87.3 Å². The van der Waals surface area contributed by atoms with Gasteiger partial charge in [0.1, 0.15) is 36.4 Å². The smallest absolute Gasteiger partial charge is 0.399 e. The van der Waals surface area contributed by atoms with Crippen LogP contribution in [0.15, 0.2) is 146 Å². The van der Waals surface area contributed by atoms with Crippen LogP contribution < -0.4 is 37.4 Å². The van der Waals surface area contributed by atoms with E-state index < -0.39 is 78.8 Å². The van der Waals surface area contributed by atoms with Crippen LogP contribution in [-0.2, 0) is 62.6 Å². The molecular weight excluding hydrogens is 1940 g/mol. The van der Waals surface area contributed by atoms with Gasteiger partial charge in [-0.25, -0.2) is 14.4 Å². The minimum absolute atomic E-state index is 0. The maximum absolute atomic E-state index is 13.9. The first kappa shape index (κ1) is 116. The number of hydroxylamine groups is 6. The van der Waals surface area contributed by atoms with Gasteiger partial charge in [0.15, 0.2) is 6.29 Å². The topological polar surface area (TPSA) is 391 Å². The van der Waals surface area contributed by atoms with Crippen LogP contribution in [0, 0.1) is 90.8 Å². The molecule has 6 bridgehead atoms. The Hall–Kier alpha value is -8.31. The van der Waals surface area contributed by atoms with Crippen molar-refractivity contribution in [2.75, 3.05) is 84.7 Å². The van der Waals surface area contributed by atoms with E-state index >= 15 is 0 Å². The third-order valence-electron chi connectivity index (χ3n) is 33.7. The first-order valence-corrected chi connectivity index (χ1v) is 51.9. The third kappa shape index (κ3) is 26.2. The number of aliphatic hydroxyl groups is 7. The zero-order valence-corrected chi connectivity index (χ0v) is 89.2. The number of aliphatic hydroxyl groups excluding tert-OH is 7. The van der Waals surface area contributed by atoms with Crippen LogP contribution in [0.5, 0.6) is 0 Å². The normalized spacial score (nSPS) is 30.3. The Bertz CT molecular complexity index is 5050. The van der Waals surface area contributed by atoms with E-state index in [0.717, 1.165) is 92.4 Å². The molecular formula is C111H166BIN12O19. The standard InChI is InChI=1S/2C33H46N4O5.C24H35IN2O4.C15H23BN2O3.C4H8O2.2CH4/c2*1-19-26-15-24(33(26,3)4)16-27(19)35-31(40)30-29(20(2)39)28(18-38)42-37(30)17-21-8-7-9-23(14-21)22-10-12-25(13-11-22)34-32(41)36(5)6;1-13-18-9-16(24(18,3)4)10-19(13)26-23(30)22-21(14(2)29)20(12-28)31-27(22)11-15-6-5-7-17(25)8-15;1-14(2)15(3,4)21-16(20-14)11-7-9-12(10-8-11)17-13(19)18(5)6;5-4-2-1-3-6-4;;/h2*7-14,19-20,24,26-30,38-39H,15-18H2,1-6H3,(H,34,41)(H,35,40);5-8,13-14,16,18-22,28-29H,9-12H2,1-4H3,(H,26,30);7-10H,1-6H3,(H,17,19);4-5H,1-3H2;2*1H4/t2*19-,20-,24-,26+,27?,28-,29+,30-;13-,14-,16-,18+,19?,20-,21+,22-;;;;/m000..../s1. The molecule has 14 aliphatic rings. The second kappa shape index (κ2) is 48.5. The van der Waals surface area contributed by atoms with Crippen molar-refractivity contribution >= 4 is 88.0 Å². The van der Waals surface area contributed by atoms with Gasteiger partial charge in [-0.15, -0.1) is 0 Å². The number of halogens is 1. The summed E-state index contributed by atoms with van der Waals surface area (Å²) in [6, 6.07) is 44.5. The lowest BCUT2D eigenvalue weighted by Gasteiger charge is -2.62. The molecule has 144 heavy (non-hydrogen) atoms. The number of ether oxygens (including phenoxy) is 1. The summed E-state index contributed by atoms with van der Waals surface area (Å²) in [6.07, 6.45) is 3.63. The predicted molar refractivity (Wildman–Crippen MR) is 570 cm³/mol. The lowest BCUT2D eigenvalue weighted by molar-refractivity contribution is -0.183. The Labute approximate surface area is 868 Å². The van der Waals surface area contributed by atoms with Crippen molar-refractivity contribution in [1.29, 1.82) is 0 Å². The van der Waals surface area contributed by atoms with Gasteiger partial charge in [0, 0.05) is 112 Å². The van der Waals surface area contributed by atoms with E-state index in [1.807, 2.05) is 167 Å². The second-order valence-electron chi connectivity index (χ2n) is 45.0. The molecule has 25 atom stereocenters. The molecule has 9 saturated carbocycles. The number of carbonyl (C=O) groups is 6. The molecule has 14 fully saturated rings. The number of nitrogens with one attached hydrogen (secondary N) is 6. The highest BCUT2D eigenvalue weighted by molar-refractivity contribution is 14.1. The monoisotopic (exact) mass is 2110 g/mol. The zero-order valence-electron chi connectivity index (χ0n) is 87.1.